The molecule has 0 radical (unpaired) electrons. The Labute approximate surface area is 85.0 Å². The summed E-state index contributed by atoms with van der Waals surface area (Å²) in [6, 6.07) is 1.01. The molecule has 5 nitrogen and oxygen atoms in total. The van der Waals surface area contributed by atoms with Crippen LogP contribution in [0.2, 0.25) is 0 Å². The van der Waals surface area contributed by atoms with Crippen LogP contribution in [0.3, 0.4) is 0 Å². The molecule has 1 aromatic rings. The second kappa shape index (κ2) is 4.02. The summed E-state index contributed by atoms with van der Waals surface area (Å²) in [5, 5.41) is -0.470. The van der Waals surface area contributed by atoms with Gasteiger partial charge in [0.25, 0.3) is 9.05 Å². The molecular weight excluding hydrogens is 232 g/mol. The molecule has 0 amide bonds. The van der Waals surface area contributed by atoms with Crippen molar-refractivity contribution in [1.29, 1.82) is 0 Å². The second-order valence-electron chi connectivity index (χ2n) is 2.31. The molecule has 78 valence electrons. The van der Waals surface area contributed by atoms with Crippen LogP contribution in [-0.4, -0.2) is 21.0 Å². The lowest BCUT2D eigenvalue weighted by atomic mass is 10.3. The first-order valence-electron chi connectivity index (χ1n) is 3.65. The molecule has 0 N–H and O–H groups in total. The van der Waals surface area contributed by atoms with Crippen LogP contribution in [0.4, 0.5) is 0 Å². The molecule has 1 rings (SSSR count). The average Bonchev–Trinajstić information content (AvgIpc) is 2.51. The van der Waals surface area contributed by atoms with Crippen molar-refractivity contribution >= 4 is 25.7 Å². The van der Waals surface area contributed by atoms with E-state index in [0.29, 0.717) is 0 Å². The molecule has 7 heteroatoms. The lowest BCUT2D eigenvalue weighted by molar-refractivity contribution is 0.0525. The van der Waals surface area contributed by atoms with Crippen molar-refractivity contribution in [3.8, 4) is 0 Å². The van der Waals surface area contributed by atoms with Crippen LogP contribution in [-0.2, 0) is 13.8 Å². The standard InChI is InChI=1S/C7H7ClO5S/c1-2-12-7(9)5-3-6(13-4-5)14(8,10)11/h3-4H,2H2,1H3. The molecule has 0 aliphatic rings. The first kappa shape index (κ1) is 11.1. The van der Waals surface area contributed by atoms with E-state index in [1.807, 2.05) is 0 Å². The fraction of sp³-hybridized carbons (Fsp3) is 0.286. The smallest absolute Gasteiger partial charge is 0.341 e. The van der Waals surface area contributed by atoms with Crippen LogP contribution in [0.5, 0.6) is 0 Å². The molecule has 14 heavy (non-hydrogen) atoms. The van der Waals surface area contributed by atoms with Gasteiger partial charge < -0.3 is 9.15 Å². The van der Waals surface area contributed by atoms with E-state index in [-0.39, 0.29) is 12.2 Å². The van der Waals surface area contributed by atoms with Crippen LogP contribution >= 0.6 is 10.7 Å². The number of esters is 1. The van der Waals surface area contributed by atoms with Crippen LogP contribution in [0, 0.1) is 0 Å². The van der Waals surface area contributed by atoms with Gasteiger partial charge >= 0.3 is 5.97 Å². The van der Waals surface area contributed by atoms with Gasteiger partial charge in [-0.05, 0) is 6.92 Å². The Morgan fingerprint density at radius 2 is 2.29 bits per heavy atom. The Balaban J connectivity index is 2.94. The maximum absolute atomic E-state index is 11.1. The molecule has 0 saturated heterocycles. The molecule has 0 aliphatic heterocycles. The molecular formula is C7H7ClO5S. The Kier molecular flexibility index (Phi) is 3.17. The third-order valence-corrected chi connectivity index (χ3v) is 2.48. The van der Waals surface area contributed by atoms with Crippen molar-refractivity contribution in [1.82, 2.24) is 0 Å². The summed E-state index contributed by atoms with van der Waals surface area (Å²) < 4.78 is 30.7. The Morgan fingerprint density at radius 1 is 1.64 bits per heavy atom. The maximum atomic E-state index is 11.1. The molecule has 0 unspecified atom stereocenters. The lowest BCUT2D eigenvalue weighted by Crippen LogP contribution is -2.02. The number of carbonyl (C=O) groups is 1. The lowest BCUT2D eigenvalue weighted by Gasteiger charge is -1.95. The summed E-state index contributed by atoms with van der Waals surface area (Å²) in [4.78, 5) is 11.1. The molecule has 0 aromatic carbocycles. The summed E-state index contributed by atoms with van der Waals surface area (Å²) in [5.74, 6) is -0.650. The van der Waals surface area contributed by atoms with Crippen LogP contribution in [0.1, 0.15) is 17.3 Å². The molecule has 0 fully saturated rings. The SMILES string of the molecule is CCOC(=O)c1coc(S(=O)(=O)Cl)c1. The van der Waals surface area contributed by atoms with E-state index >= 15 is 0 Å². The Bertz CT molecular complexity index is 433. The normalized spacial score (nSPS) is 11.3. The highest BCUT2D eigenvalue weighted by Gasteiger charge is 2.18. The zero-order valence-electron chi connectivity index (χ0n) is 7.19. The molecule has 0 atom stereocenters. The molecule has 0 saturated carbocycles. The third kappa shape index (κ3) is 2.49. The zero-order valence-corrected chi connectivity index (χ0v) is 8.76. The summed E-state index contributed by atoms with van der Waals surface area (Å²) in [7, 11) is 1.05. The molecule has 1 aromatic heterocycles. The van der Waals surface area contributed by atoms with E-state index < -0.39 is 20.1 Å². The van der Waals surface area contributed by atoms with Crippen molar-refractivity contribution in [2.75, 3.05) is 6.61 Å². The predicted molar refractivity (Wildman–Crippen MR) is 47.7 cm³/mol. The van der Waals surface area contributed by atoms with Gasteiger partial charge in [-0.3, -0.25) is 0 Å². The Morgan fingerprint density at radius 3 is 2.71 bits per heavy atom. The van der Waals surface area contributed by atoms with Crippen LogP contribution < -0.4 is 0 Å². The van der Waals surface area contributed by atoms with E-state index in [9.17, 15) is 13.2 Å². The quantitative estimate of drug-likeness (QED) is 0.588. The van der Waals surface area contributed by atoms with Crippen molar-refractivity contribution in [3.63, 3.8) is 0 Å². The highest BCUT2D eigenvalue weighted by atomic mass is 35.7. The van der Waals surface area contributed by atoms with Gasteiger partial charge in [0.15, 0.2) is 0 Å². The number of carbonyl (C=O) groups excluding carboxylic acids is 1. The van der Waals surface area contributed by atoms with Gasteiger partial charge in [-0.25, -0.2) is 13.2 Å². The number of halogens is 1. The predicted octanol–water partition coefficient (Wildman–Crippen LogP) is 1.38. The summed E-state index contributed by atoms with van der Waals surface area (Å²) >= 11 is 0. The third-order valence-electron chi connectivity index (χ3n) is 1.33. The minimum absolute atomic E-state index is 0.0195. The molecule has 0 spiro atoms. The number of hydrogen-bond acceptors (Lipinski definition) is 5. The van der Waals surface area contributed by atoms with Crippen molar-refractivity contribution in [2.24, 2.45) is 0 Å². The van der Waals surface area contributed by atoms with Crippen LogP contribution in [0.15, 0.2) is 21.8 Å². The maximum Gasteiger partial charge on any atom is 0.341 e. The van der Waals surface area contributed by atoms with Gasteiger partial charge in [-0.15, -0.1) is 0 Å². The van der Waals surface area contributed by atoms with Gasteiger partial charge in [0.05, 0.1) is 12.2 Å². The highest BCUT2D eigenvalue weighted by molar-refractivity contribution is 8.13. The minimum Gasteiger partial charge on any atom is -0.462 e. The largest absolute Gasteiger partial charge is 0.462 e. The first-order valence-corrected chi connectivity index (χ1v) is 5.96. The van der Waals surface area contributed by atoms with Crippen LogP contribution in [0.25, 0.3) is 0 Å². The van der Waals surface area contributed by atoms with Gasteiger partial charge in [0.1, 0.15) is 6.26 Å². The zero-order chi connectivity index (χ0) is 10.8. The molecule has 0 aliphatic carbocycles. The van der Waals surface area contributed by atoms with Gasteiger partial charge in [0.2, 0.25) is 5.09 Å². The Hall–Kier alpha value is -1.01. The van der Waals surface area contributed by atoms with E-state index in [1.54, 1.807) is 6.92 Å². The van der Waals surface area contributed by atoms with E-state index in [0.717, 1.165) is 12.3 Å². The van der Waals surface area contributed by atoms with E-state index in [1.165, 1.54) is 0 Å². The number of rotatable bonds is 3. The topological polar surface area (TPSA) is 73.6 Å². The van der Waals surface area contributed by atoms with Crippen molar-refractivity contribution < 1.29 is 22.4 Å². The number of furan rings is 1. The average molecular weight is 239 g/mol. The first-order chi connectivity index (χ1) is 6.45. The number of hydrogen-bond donors (Lipinski definition) is 0. The van der Waals surface area contributed by atoms with E-state index in [4.69, 9.17) is 10.7 Å². The van der Waals surface area contributed by atoms with Gasteiger partial charge in [-0.1, -0.05) is 0 Å². The fourth-order valence-electron chi connectivity index (χ4n) is 0.766. The van der Waals surface area contributed by atoms with E-state index in [2.05, 4.69) is 9.15 Å². The second-order valence-corrected chi connectivity index (χ2v) is 4.81. The molecule has 1 heterocycles. The monoisotopic (exact) mass is 238 g/mol. The highest BCUT2D eigenvalue weighted by Crippen LogP contribution is 2.18. The summed E-state index contributed by atoms with van der Waals surface area (Å²) in [6.07, 6.45) is 0.979. The van der Waals surface area contributed by atoms with Gasteiger partial charge in [-0.2, -0.15) is 0 Å². The summed E-state index contributed by atoms with van der Waals surface area (Å²) in [6.45, 7) is 1.84. The van der Waals surface area contributed by atoms with Crippen molar-refractivity contribution in [3.05, 3.63) is 17.9 Å². The minimum atomic E-state index is -3.93. The summed E-state index contributed by atoms with van der Waals surface area (Å²) in [5.41, 5.74) is 0.0195. The van der Waals surface area contributed by atoms with Gasteiger partial charge in [0, 0.05) is 16.7 Å². The van der Waals surface area contributed by atoms with Crippen molar-refractivity contribution in [2.45, 2.75) is 12.0 Å². The fourth-order valence-corrected chi connectivity index (χ4v) is 1.44. The molecule has 0 bridgehead atoms. The number of ether oxygens (including phenoxy) is 1.